The number of hydrogen-bond donors (Lipinski definition) is 2. The molecule has 0 atom stereocenters. The van der Waals surface area contributed by atoms with E-state index in [1.54, 1.807) is 24.3 Å². The lowest BCUT2D eigenvalue weighted by molar-refractivity contribution is -0.121. The highest BCUT2D eigenvalue weighted by Crippen LogP contribution is 2.34. The summed E-state index contributed by atoms with van der Waals surface area (Å²) in [6, 6.07) is 7.37. The van der Waals surface area contributed by atoms with Gasteiger partial charge in [-0.3, -0.25) is 9.59 Å². The fourth-order valence-electron chi connectivity index (χ4n) is 5.15. The number of amides is 2. The van der Waals surface area contributed by atoms with Gasteiger partial charge in [0.15, 0.2) is 5.58 Å². The van der Waals surface area contributed by atoms with Gasteiger partial charge in [-0.1, -0.05) is 11.6 Å². The van der Waals surface area contributed by atoms with Crippen molar-refractivity contribution in [3.63, 3.8) is 0 Å². The second kappa shape index (κ2) is 10.4. The van der Waals surface area contributed by atoms with E-state index in [-0.39, 0.29) is 23.3 Å². The number of carbonyl (C=O) groups is 2. The molecule has 2 amide bonds. The van der Waals surface area contributed by atoms with E-state index in [0.29, 0.717) is 33.8 Å². The molecular weight excluding hydrogens is 480 g/mol. The van der Waals surface area contributed by atoms with Gasteiger partial charge in [0.1, 0.15) is 22.8 Å². The number of aromatic nitrogens is 2. The topological polar surface area (TPSA) is 104 Å². The van der Waals surface area contributed by atoms with Crippen molar-refractivity contribution in [1.29, 1.82) is 0 Å². The first-order valence-corrected chi connectivity index (χ1v) is 12.9. The van der Waals surface area contributed by atoms with Crippen LogP contribution in [-0.2, 0) is 4.79 Å². The van der Waals surface area contributed by atoms with Crippen LogP contribution in [0.3, 0.4) is 0 Å². The van der Waals surface area contributed by atoms with Crippen LogP contribution < -0.4 is 15.5 Å². The van der Waals surface area contributed by atoms with Crippen LogP contribution in [0.1, 0.15) is 49.1 Å². The summed E-state index contributed by atoms with van der Waals surface area (Å²) >= 11 is 5.90. The molecular formula is C26H31ClN6O3. The number of fused-ring (bicyclic) bond motifs is 1. The van der Waals surface area contributed by atoms with Crippen LogP contribution in [-0.4, -0.2) is 59.9 Å². The fourth-order valence-corrected chi connectivity index (χ4v) is 5.26. The summed E-state index contributed by atoms with van der Waals surface area (Å²) in [6.45, 7) is 2.34. The zero-order chi connectivity index (χ0) is 25.2. The quantitative estimate of drug-likeness (QED) is 0.491. The average molecular weight is 511 g/mol. The van der Waals surface area contributed by atoms with Crippen molar-refractivity contribution in [1.82, 2.24) is 14.9 Å². The van der Waals surface area contributed by atoms with E-state index in [4.69, 9.17) is 16.0 Å². The molecule has 2 N–H and O–H groups in total. The first kappa shape index (κ1) is 24.5. The molecule has 1 saturated carbocycles. The highest BCUT2D eigenvalue weighted by molar-refractivity contribution is 6.30. The number of halogens is 1. The first-order chi connectivity index (χ1) is 17.4. The van der Waals surface area contributed by atoms with Gasteiger partial charge < -0.3 is 24.9 Å². The number of carbonyl (C=O) groups excluding carboxylic acids is 2. The van der Waals surface area contributed by atoms with Gasteiger partial charge in [-0.2, -0.15) is 0 Å². The van der Waals surface area contributed by atoms with Crippen LogP contribution in [0.15, 0.2) is 34.9 Å². The van der Waals surface area contributed by atoms with Crippen molar-refractivity contribution in [3.05, 3.63) is 41.2 Å². The molecule has 3 aromatic heterocycles. The maximum absolute atomic E-state index is 13.4. The molecule has 9 nitrogen and oxygen atoms in total. The summed E-state index contributed by atoms with van der Waals surface area (Å²) in [4.78, 5) is 39.7. The molecule has 0 unspecified atom stereocenters. The summed E-state index contributed by atoms with van der Waals surface area (Å²) in [5.74, 6) is 0.264. The molecule has 10 heteroatoms. The Morgan fingerprint density at radius 3 is 2.47 bits per heavy atom. The smallest absolute Gasteiger partial charge is 0.294 e. The van der Waals surface area contributed by atoms with Gasteiger partial charge in [0.25, 0.3) is 5.91 Å². The van der Waals surface area contributed by atoms with Gasteiger partial charge in [0.2, 0.25) is 11.7 Å². The van der Waals surface area contributed by atoms with E-state index in [2.05, 4.69) is 25.5 Å². The Labute approximate surface area is 215 Å². The van der Waals surface area contributed by atoms with Crippen molar-refractivity contribution in [3.8, 4) is 0 Å². The molecule has 0 aromatic carbocycles. The number of nitrogens with zero attached hydrogens (tertiary/aromatic N) is 4. The molecule has 1 aliphatic carbocycles. The average Bonchev–Trinajstić information content (AvgIpc) is 3.54. The minimum Gasteiger partial charge on any atom is -0.447 e. The van der Waals surface area contributed by atoms with Crippen molar-refractivity contribution in [2.75, 3.05) is 42.7 Å². The lowest BCUT2D eigenvalue weighted by Crippen LogP contribution is -2.38. The summed E-state index contributed by atoms with van der Waals surface area (Å²) in [6.07, 6.45) is 7.68. The van der Waals surface area contributed by atoms with Crippen LogP contribution in [0.5, 0.6) is 0 Å². The van der Waals surface area contributed by atoms with Gasteiger partial charge >= 0.3 is 0 Å². The minimum absolute atomic E-state index is 0.00995. The summed E-state index contributed by atoms with van der Waals surface area (Å²) < 4.78 is 5.90. The Balaban J connectivity index is 1.38. The summed E-state index contributed by atoms with van der Waals surface area (Å²) in [7, 11) is 3.76. The third kappa shape index (κ3) is 5.17. The predicted molar refractivity (Wildman–Crippen MR) is 141 cm³/mol. The summed E-state index contributed by atoms with van der Waals surface area (Å²) in [5, 5.41) is 6.18. The summed E-state index contributed by atoms with van der Waals surface area (Å²) in [5.41, 5.74) is 1.14. The van der Waals surface area contributed by atoms with Crippen molar-refractivity contribution >= 4 is 51.8 Å². The molecule has 190 valence electrons. The molecule has 0 radical (unpaired) electrons. The van der Waals surface area contributed by atoms with Crippen LogP contribution >= 0.6 is 11.6 Å². The number of pyridine rings is 2. The molecule has 5 rings (SSSR count). The number of anilines is 3. The largest absolute Gasteiger partial charge is 0.447 e. The van der Waals surface area contributed by atoms with E-state index in [0.717, 1.165) is 25.7 Å². The molecule has 0 spiro atoms. The Morgan fingerprint density at radius 2 is 1.81 bits per heavy atom. The molecule has 36 heavy (non-hydrogen) atoms. The second-order valence-electron chi connectivity index (χ2n) is 9.77. The molecule has 4 heterocycles. The first-order valence-electron chi connectivity index (χ1n) is 12.5. The monoisotopic (exact) mass is 510 g/mol. The normalized spacial score (nSPS) is 20.4. The Hall–Kier alpha value is -3.17. The number of hydrogen-bond acceptors (Lipinski definition) is 7. The Morgan fingerprint density at radius 1 is 1.06 bits per heavy atom. The van der Waals surface area contributed by atoms with Crippen molar-refractivity contribution in [2.24, 2.45) is 5.92 Å². The molecule has 3 aromatic rings. The van der Waals surface area contributed by atoms with Crippen LogP contribution in [0.4, 0.5) is 17.3 Å². The van der Waals surface area contributed by atoms with Gasteiger partial charge in [-0.05, 0) is 75.9 Å². The van der Waals surface area contributed by atoms with Gasteiger partial charge in [-0.15, -0.1) is 0 Å². The fraction of sp³-hybridized carbons (Fsp3) is 0.462. The van der Waals surface area contributed by atoms with E-state index in [9.17, 15) is 9.59 Å². The van der Waals surface area contributed by atoms with E-state index in [1.807, 2.05) is 19.0 Å². The van der Waals surface area contributed by atoms with E-state index in [1.165, 1.54) is 32.1 Å². The van der Waals surface area contributed by atoms with E-state index >= 15 is 0 Å². The SMILES string of the molecule is CN(C)c1ccc2oc(C(=O)Nc3ccc(Cl)cn3)c(NC(=O)[C@H]3CC[C@H](N4CCCC4)CC3)c2n1. The molecule has 2 aliphatic rings. The van der Waals surface area contributed by atoms with Crippen LogP contribution in [0.25, 0.3) is 11.1 Å². The van der Waals surface area contributed by atoms with Gasteiger partial charge in [-0.25, -0.2) is 9.97 Å². The molecule has 1 saturated heterocycles. The zero-order valence-electron chi connectivity index (χ0n) is 20.6. The number of furan rings is 1. The van der Waals surface area contributed by atoms with Crippen LogP contribution in [0, 0.1) is 5.92 Å². The molecule has 1 aliphatic heterocycles. The predicted octanol–water partition coefficient (Wildman–Crippen LogP) is 4.79. The third-order valence-corrected chi connectivity index (χ3v) is 7.35. The van der Waals surface area contributed by atoms with Crippen molar-refractivity contribution < 1.29 is 14.0 Å². The number of likely N-dealkylation sites (tertiary alicyclic amines) is 1. The van der Waals surface area contributed by atoms with Crippen molar-refractivity contribution in [2.45, 2.75) is 44.6 Å². The zero-order valence-corrected chi connectivity index (χ0v) is 21.3. The Bertz CT molecular complexity index is 1240. The number of nitrogens with one attached hydrogen (secondary N) is 2. The lowest BCUT2D eigenvalue weighted by atomic mass is 9.85. The second-order valence-corrected chi connectivity index (χ2v) is 10.2. The molecule has 0 bridgehead atoms. The number of rotatable bonds is 6. The maximum atomic E-state index is 13.4. The van der Waals surface area contributed by atoms with E-state index < -0.39 is 5.91 Å². The molecule has 2 fully saturated rings. The lowest BCUT2D eigenvalue weighted by Gasteiger charge is -2.33. The maximum Gasteiger partial charge on any atom is 0.294 e. The highest BCUT2D eigenvalue weighted by atomic mass is 35.5. The minimum atomic E-state index is -0.526. The van der Waals surface area contributed by atoms with Crippen LogP contribution in [0.2, 0.25) is 5.02 Å². The van der Waals surface area contributed by atoms with Gasteiger partial charge in [0, 0.05) is 32.3 Å². The Kier molecular flexibility index (Phi) is 7.11. The standard InChI is InChI=1S/C26H31ClN6O3/c1-32(2)21-12-10-19-22(30-21)23(24(36-19)26(35)29-20-11-7-17(27)15-28-20)31-25(34)16-5-8-18(9-6-16)33-13-3-4-14-33/h7,10-12,15-16,18H,3-6,8-9,13-14H2,1-2H3,(H,31,34)(H,28,29,35)/t16-,18-. The van der Waals surface area contributed by atoms with Gasteiger partial charge in [0.05, 0.1) is 5.02 Å². The highest BCUT2D eigenvalue weighted by Gasteiger charge is 2.32. The third-order valence-electron chi connectivity index (χ3n) is 7.13.